The maximum atomic E-state index is 12.1. The number of carbonyl (C=O) groups excluding carboxylic acids is 3. The number of terminal acetylenes is 1. The number of aliphatic carboxylic acids is 1. The van der Waals surface area contributed by atoms with Crippen LogP contribution in [0.5, 0.6) is 0 Å². The van der Waals surface area contributed by atoms with Crippen LogP contribution in [0.15, 0.2) is 0 Å². The van der Waals surface area contributed by atoms with Gasteiger partial charge in [0, 0.05) is 0 Å². The Balaban J connectivity index is 2.82. The topological polar surface area (TPSA) is 107 Å². The van der Waals surface area contributed by atoms with Crippen LogP contribution in [0.1, 0.15) is 20.3 Å². The Labute approximate surface area is 122 Å². The van der Waals surface area contributed by atoms with E-state index in [0.29, 0.717) is 6.42 Å². The van der Waals surface area contributed by atoms with Crippen LogP contribution in [0.2, 0.25) is 0 Å². The Morgan fingerprint density at radius 3 is 2.52 bits per heavy atom. The highest BCUT2D eigenvalue weighted by Crippen LogP contribution is 2.20. The molecule has 0 aromatic carbocycles. The third-order valence-electron chi connectivity index (χ3n) is 3.31. The molecule has 1 rings (SSSR count). The highest BCUT2D eigenvalue weighted by Gasteiger charge is 2.47. The maximum Gasteiger partial charge on any atom is 0.325 e. The van der Waals surface area contributed by atoms with Crippen molar-refractivity contribution in [3.63, 3.8) is 0 Å². The molecule has 0 radical (unpaired) electrons. The van der Waals surface area contributed by atoms with Gasteiger partial charge in [-0.2, -0.15) is 0 Å². The first-order valence-electron chi connectivity index (χ1n) is 6.32. The molecule has 0 aliphatic carbocycles. The summed E-state index contributed by atoms with van der Waals surface area (Å²) in [5.74, 6) is -0.271. The van der Waals surface area contributed by atoms with Crippen LogP contribution in [0.4, 0.5) is 4.79 Å². The number of urea groups is 1. The highest BCUT2D eigenvalue weighted by molar-refractivity contribution is 6.08. The van der Waals surface area contributed by atoms with Gasteiger partial charge < -0.3 is 15.3 Å². The molecular formula is C13H17N3O5. The lowest BCUT2D eigenvalue weighted by atomic mass is 9.99. The molecule has 1 heterocycles. The molecule has 1 fully saturated rings. The molecule has 1 aliphatic rings. The Bertz CT molecular complexity index is 524. The first-order valence-corrected chi connectivity index (χ1v) is 6.32. The second-order valence-electron chi connectivity index (χ2n) is 4.85. The lowest BCUT2D eigenvalue weighted by Gasteiger charge is -2.22. The van der Waals surface area contributed by atoms with Crippen molar-refractivity contribution in [3.05, 3.63) is 0 Å². The van der Waals surface area contributed by atoms with Crippen molar-refractivity contribution >= 4 is 23.8 Å². The Morgan fingerprint density at radius 2 is 2.10 bits per heavy atom. The van der Waals surface area contributed by atoms with Gasteiger partial charge in [0.05, 0.1) is 6.54 Å². The van der Waals surface area contributed by atoms with Crippen molar-refractivity contribution < 1.29 is 24.3 Å². The van der Waals surface area contributed by atoms with Gasteiger partial charge in [0.2, 0.25) is 5.91 Å². The van der Waals surface area contributed by atoms with E-state index in [2.05, 4.69) is 11.2 Å². The van der Waals surface area contributed by atoms with Crippen LogP contribution < -0.4 is 5.32 Å². The monoisotopic (exact) mass is 295 g/mol. The Morgan fingerprint density at radius 1 is 1.48 bits per heavy atom. The zero-order chi connectivity index (χ0) is 16.2. The molecule has 1 saturated heterocycles. The van der Waals surface area contributed by atoms with E-state index < -0.39 is 42.4 Å². The quantitative estimate of drug-likeness (QED) is 0.495. The standard InChI is InChI=1S/C13H17N3O5/c1-4-6-15(8-10(18)19)9(17)7-16-11(20)13(3,5-2)14-12(16)21/h1H,5-8H2,2-3H3,(H,14,21)(H,18,19). The van der Waals surface area contributed by atoms with Gasteiger partial charge in [0.25, 0.3) is 5.91 Å². The summed E-state index contributed by atoms with van der Waals surface area (Å²) in [6.45, 7) is 1.97. The average Bonchev–Trinajstić information content (AvgIpc) is 2.62. The summed E-state index contributed by atoms with van der Waals surface area (Å²) >= 11 is 0. The van der Waals surface area contributed by atoms with E-state index in [1.165, 1.54) is 0 Å². The van der Waals surface area contributed by atoms with Crippen LogP contribution in [0.3, 0.4) is 0 Å². The molecule has 0 saturated carbocycles. The summed E-state index contributed by atoms with van der Waals surface area (Å²) in [5.41, 5.74) is -1.04. The lowest BCUT2D eigenvalue weighted by Crippen LogP contribution is -2.46. The summed E-state index contributed by atoms with van der Waals surface area (Å²) in [6, 6.07) is -0.673. The smallest absolute Gasteiger partial charge is 0.325 e. The van der Waals surface area contributed by atoms with E-state index in [1.54, 1.807) is 13.8 Å². The van der Waals surface area contributed by atoms with Gasteiger partial charge in [0.1, 0.15) is 18.6 Å². The van der Waals surface area contributed by atoms with E-state index in [0.717, 1.165) is 9.80 Å². The van der Waals surface area contributed by atoms with Crippen molar-refractivity contribution in [2.45, 2.75) is 25.8 Å². The van der Waals surface area contributed by atoms with Crippen LogP contribution in [-0.2, 0) is 14.4 Å². The van der Waals surface area contributed by atoms with E-state index in [9.17, 15) is 19.2 Å². The van der Waals surface area contributed by atoms with Gasteiger partial charge in [-0.3, -0.25) is 19.3 Å². The fourth-order valence-electron chi connectivity index (χ4n) is 1.87. The molecule has 0 spiro atoms. The van der Waals surface area contributed by atoms with Crippen LogP contribution >= 0.6 is 0 Å². The highest BCUT2D eigenvalue weighted by atomic mass is 16.4. The van der Waals surface area contributed by atoms with E-state index in [-0.39, 0.29) is 6.54 Å². The summed E-state index contributed by atoms with van der Waals surface area (Å²) < 4.78 is 0. The van der Waals surface area contributed by atoms with E-state index >= 15 is 0 Å². The predicted octanol–water partition coefficient (Wildman–Crippen LogP) is -0.747. The number of carbonyl (C=O) groups is 4. The van der Waals surface area contributed by atoms with Gasteiger partial charge >= 0.3 is 12.0 Å². The van der Waals surface area contributed by atoms with Crippen LogP contribution in [0, 0.1) is 12.3 Å². The molecule has 21 heavy (non-hydrogen) atoms. The molecule has 0 bridgehead atoms. The second-order valence-corrected chi connectivity index (χ2v) is 4.85. The summed E-state index contributed by atoms with van der Waals surface area (Å²) in [7, 11) is 0. The minimum absolute atomic E-state index is 0.209. The van der Waals surface area contributed by atoms with Gasteiger partial charge in [-0.15, -0.1) is 6.42 Å². The summed E-state index contributed by atoms with van der Waals surface area (Å²) in [5, 5.41) is 11.2. The normalized spacial score (nSPS) is 20.9. The van der Waals surface area contributed by atoms with Crippen molar-refractivity contribution in [1.82, 2.24) is 15.1 Å². The SMILES string of the molecule is C#CCN(CC(=O)O)C(=O)CN1C(=O)NC(C)(CC)C1=O. The largest absolute Gasteiger partial charge is 0.480 e. The van der Waals surface area contributed by atoms with Crippen LogP contribution in [0.25, 0.3) is 0 Å². The van der Waals surface area contributed by atoms with Crippen molar-refractivity contribution in [1.29, 1.82) is 0 Å². The van der Waals surface area contributed by atoms with Gasteiger partial charge in [-0.05, 0) is 13.3 Å². The number of hydrogen-bond donors (Lipinski definition) is 2. The molecule has 1 atom stereocenters. The number of nitrogens with zero attached hydrogens (tertiary/aromatic N) is 2. The van der Waals surface area contributed by atoms with Crippen molar-refractivity contribution in [2.75, 3.05) is 19.6 Å². The Hall–Kier alpha value is -2.56. The fourth-order valence-corrected chi connectivity index (χ4v) is 1.87. The third kappa shape index (κ3) is 3.51. The molecule has 114 valence electrons. The molecule has 8 heteroatoms. The van der Waals surface area contributed by atoms with Gasteiger partial charge in [-0.25, -0.2) is 4.79 Å². The number of nitrogens with one attached hydrogen (secondary N) is 1. The van der Waals surface area contributed by atoms with Gasteiger partial charge in [0.15, 0.2) is 0 Å². The molecule has 1 unspecified atom stereocenters. The number of amides is 4. The predicted molar refractivity (Wildman–Crippen MR) is 72.0 cm³/mol. The maximum absolute atomic E-state index is 12.1. The molecule has 0 aromatic rings. The van der Waals surface area contributed by atoms with Crippen LogP contribution in [-0.4, -0.2) is 63.9 Å². The second kappa shape index (κ2) is 6.26. The molecule has 2 N–H and O–H groups in total. The molecule has 1 aliphatic heterocycles. The van der Waals surface area contributed by atoms with Gasteiger partial charge in [-0.1, -0.05) is 12.8 Å². The number of imide groups is 1. The molecule has 0 aromatic heterocycles. The van der Waals surface area contributed by atoms with E-state index in [1.807, 2.05) is 0 Å². The van der Waals surface area contributed by atoms with Crippen molar-refractivity contribution in [3.8, 4) is 12.3 Å². The minimum atomic E-state index is -1.23. The Kier molecular flexibility index (Phi) is 4.92. The van der Waals surface area contributed by atoms with Crippen molar-refractivity contribution in [2.24, 2.45) is 0 Å². The first-order chi connectivity index (χ1) is 9.75. The number of rotatable bonds is 6. The third-order valence-corrected chi connectivity index (χ3v) is 3.31. The molecule has 8 nitrogen and oxygen atoms in total. The van der Waals surface area contributed by atoms with E-state index in [4.69, 9.17) is 11.5 Å². The first kappa shape index (κ1) is 16.5. The number of carboxylic acids is 1. The number of hydrogen-bond acceptors (Lipinski definition) is 4. The zero-order valence-electron chi connectivity index (χ0n) is 11.9. The molecule has 4 amide bonds. The lowest BCUT2D eigenvalue weighted by molar-refractivity contribution is -0.145. The summed E-state index contributed by atoms with van der Waals surface area (Å²) in [4.78, 5) is 48.2. The fraction of sp³-hybridized carbons (Fsp3) is 0.538. The zero-order valence-corrected chi connectivity index (χ0v) is 11.9. The summed E-state index contributed by atoms with van der Waals surface area (Å²) in [6.07, 6.45) is 5.45. The molecular weight excluding hydrogens is 278 g/mol. The minimum Gasteiger partial charge on any atom is -0.480 e. The number of carboxylic acid groups (broad SMARTS) is 1. The average molecular weight is 295 g/mol.